The van der Waals surface area contributed by atoms with Crippen molar-refractivity contribution in [2.75, 3.05) is 13.1 Å². The summed E-state index contributed by atoms with van der Waals surface area (Å²) in [6.45, 7) is 4.67. The lowest BCUT2D eigenvalue weighted by atomic mass is 10.0. The number of hydrogen-bond acceptors (Lipinski definition) is 5. The molecule has 0 spiro atoms. The van der Waals surface area contributed by atoms with Gasteiger partial charge in [-0.3, -0.25) is 4.90 Å². The summed E-state index contributed by atoms with van der Waals surface area (Å²) >= 11 is 0. The van der Waals surface area contributed by atoms with Crippen molar-refractivity contribution in [1.82, 2.24) is 15.0 Å². The summed E-state index contributed by atoms with van der Waals surface area (Å²) in [6, 6.07) is 0.477. The molecule has 0 aromatic carbocycles. The summed E-state index contributed by atoms with van der Waals surface area (Å²) in [4.78, 5) is 6.77. The van der Waals surface area contributed by atoms with E-state index in [0.29, 0.717) is 6.04 Å². The van der Waals surface area contributed by atoms with E-state index in [-0.39, 0.29) is 0 Å². The van der Waals surface area contributed by atoms with E-state index in [4.69, 9.17) is 10.3 Å². The third kappa shape index (κ3) is 3.26. The molecule has 2 rings (SSSR count). The van der Waals surface area contributed by atoms with Crippen molar-refractivity contribution in [3.8, 4) is 0 Å². The monoisotopic (exact) mass is 238 g/mol. The van der Waals surface area contributed by atoms with Crippen molar-refractivity contribution in [3.63, 3.8) is 0 Å². The molecule has 1 fully saturated rings. The fourth-order valence-corrected chi connectivity index (χ4v) is 2.39. The average Bonchev–Trinajstić information content (AvgIpc) is 2.78. The van der Waals surface area contributed by atoms with E-state index in [1.807, 2.05) is 0 Å². The molecule has 5 nitrogen and oxygen atoms in total. The standard InChI is InChI=1S/C12H22N4O/c1-2-5-11-14-12(17-15-11)9-16-7-4-3-6-10(16)8-13/h10H,2-9,13H2,1H3. The molecule has 1 saturated heterocycles. The summed E-state index contributed by atoms with van der Waals surface area (Å²) in [5, 5.41) is 3.98. The molecule has 0 bridgehead atoms. The molecule has 0 amide bonds. The number of likely N-dealkylation sites (tertiary alicyclic amines) is 1. The molecule has 1 atom stereocenters. The highest BCUT2D eigenvalue weighted by atomic mass is 16.5. The van der Waals surface area contributed by atoms with E-state index in [1.165, 1.54) is 19.3 Å². The molecule has 17 heavy (non-hydrogen) atoms. The molecule has 0 aliphatic carbocycles. The molecule has 1 unspecified atom stereocenters. The Morgan fingerprint density at radius 2 is 2.35 bits per heavy atom. The average molecular weight is 238 g/mol. The molecule has 2 heterocycles. The molecule has 5 heteroatoms. The minimum absolute atomic E-state index is 0.477. The first-order valence-electron chi connectivity index (χ1n) is 6.59. The first kappa shape index (κ1) is 12.5. The Morgan fingerprint density at radius 3 is 3.12 bits per heavy atom. The molecule has 0 radical (unpaired) electrons. The number of nitrogens with zero attached hydrogens (tertiary/aromatic N) is 3. The summed E-state index contributed by atoms with van der Waals surface area (Å²) in [7, 11) is 0. The van der Waals surface area contributed by atoms with E-state index in [9.17, 15) is 0 Å². The lowest BCUT2D eigenvalue weighted by molar-refractivity contribution is 0.128. The van der Waals surface area contributed by atoms with Crippen molar-refractivity contribution in [2.24, 2.45) is 5.73 Å². The van der Waals surface area contributed by atoms with Gasteiger partial charge in [-0.1, -0.05) is 18.5 Å². The third-order valence-corrected chi connectivity index (χ3v) is 3.34. The second-order valence-corrected chi connectivity index (χ2v) is 4.71. The molecule has 1 aromatic heterocycles. The molecular formula is C12H22N4O. The minimum Gasteiger partial charge on any atom is -0.338 e. The van der Waals surface area contributed by atoms with Gasteiger partial charge in [0.1, 0.15) is 0 Å². The fourth-order valence-electron chi connectivity index (χ4n) is 2.39. The van der Waals surface area contributed by atoms with E-state index in [2.05, 4.69) is 22.0 Å². The van der Waals surface area contributed by atoms with Crippen LogP contribution in [0.3, 0.4) is 0 Å². The minimum atomic E-state index is 0.477. The van der Waals surface area contributed by atoms with Crippen molar-refractivity contribution < 1.29 is 4.52 Å². The van der Waals surface area contributed by atoms with E-state index < -0.39 is 0 Å². The number of aromatic nitrogens is 2. The molecule has 96 valence electrons. The van der Waals surface area contributed by atoms with Crippen molar-refractivity contribution in [1.29, 1.82) is 0 Å². The van der Waals surface area contributed by atoms with Gasteiger partial charge >= 0.3 is 0 Å². The number of piperidine rings is 1. The Kier molecular flexibility index (Phi) is 4.50. The van der Waals surface area contributed by atoms with Gasteiger partial charge in [-0.2, -0.15) is 4.98 Å². The summed E-state index contributed by atoms with van der Waals surface area (Å²) in [6.07, 6.45) is 5.65. The van der Waals surface area contributed by atoms with Crippen molar-refractivity contribution in [2.45, 2.75) is 51.6 Å². The van der Waals surface area contributed by atoms with Crippen LogP contribution >= 0.6 is 0 Å². The first-order valence-corrected chi connectivity index (χ1v) is 6.59. The molecule has 1 aliphatic heterocycles. The van der Waals surface area contributed by atoms with Gasteiger partial charge in [0.05, 0.1) is 6.54 Å². The maximum atomic E-state index is 5.79. The molecular weight excluding hydrogens is 216 g/mol. The third-order valence-electron chi connectivity index (χ3n) is 3.34. The molecule has 1 aromatic rings. The topological polar surface area (TPSA) is 68.2 Å². The second-order valence-electron chi connectivity index (χ2n) is 4.71. The van der Waals surface area contributed by atoms with Gasteiger partial charge < -0.3 is 10.3 Å². The zero-order valence-electron chi connectivity index (χ0n) is 10.6. The zero-order chi connectivity index (χ0) is 12.1. The second kappa shape index (κ2) is 6.12. The SMILES string of the molecule is CCCc1noc(CN2CCCCC2CN)n1. The summed E-state index contributed by atoms with van der Waals surface area (Å²) in [5.74, 6) is 1.55. The van der Waals surface area contributed by atoms with E-state index in [0.717, 1.165) is 44.2 Å². The van der Waals surface area contributed by atoms with Crippen LogP contribution in [-0.4, -0.2) is 34.2 Å². The van der Waals surface area contributed by atoms with Crippen LogP contribution in [0.5, 0.6) is 0 Å². The molecule has 0 saturated carbocycles. The van der Waals surface area contributed by atoms with E-state index in [1.54, 1.807) is 0 Å². The number of rotatable bonds is 5. The number of nitrogens with two attached hydrogens (primary N) is 1. The quantitative estimate of drug-likeness (QED) is 0.838. The lowest BCUT2D eigenvalue weighted by Gasteiger charge is -2.33. The predicted molar refractivity (Wildman–Crippen MR) is 65.4 cm³/mol. The van der Waals surface area contributed by atoms with Crippen LogP contribution in [0.2, 0.25) is 0 Å². The largest absolute Gasteiger partial charge is 0.338 e. The lowest BCUT2D eigenvalue weighted by Crippen LogP contribution is -2.43. The predicted octanol–water partition coefficient (Wildman–Crippen LogP) is 1.34. The molecule has 1 aliphatic rings. The van der Waals surface area contributed by atoms with Crippen LogP contribution in [0, 0.1) is 0 Å². The maximum Gasteiger partial charge on any atom is 0.240 e. The van der Waals surface area contributed by atoms with Gasteiger partial charge in [0, 0.05) is 19.0 Å². The Balaban J connectivity index is 1.93. The van der Waals surface area contributed by atoms with Crippen molar-refractivity contribution in [3.05, 3.63) is 11.7 Å². The highest BCUT2D eigenvalue weighted by molar-refractivity contribution is 4.88. The van der Waals surface area contributed by atoms with Gasteiger partial charge in [-0.05, 0) is 25.8 Å². The highest BCUT2D eigenvalue weighted by Crippen LogP contribution is 2.18. The van der Waals surface area contributed by atoms with E-state index >= 15 is 0 Å². The van der Waals surface area contributed by atoms with Gasteiger partial charge in [0.2, 0.25) is 5.89 Å². The fraction of sp³-hybridized carbons (Fsp3) is 0.833. The van der Waals surface area contributed by atoms with Gasteiger partial charge in [-0.15, -0.1) is 0 Å². The zero-order valence-corrected chi connectivity index (χ0v) is 10.6. The van der Waals surface area contributed by atoms with Gasteiger partial charge in [-0.25, -0.2) is 0 Å². The van der Waals surface area contributed by atoms with Crippen molar-refractivity contribution >= 4 is 0 Å². The Bertz CT molecular complexity index is 339. The maximum absolute atomic E-state index is 5.79. The van der Waals surface area contributed by atoms with Crippen LogP contribution < -0.4 is 5.73 Å². The van der Waals surface area contributed by atoms with Crippen LogP contribution in [0.1, 0.15) is 44.3 Å². The molecule has 2 N–H and O–H groups in total. The van der Waals surface area contributed by atoms with Gasteiger partial charge in [0.25, 0.3) is 0 Å². The van der Waals surface area contributed by atoms with Crippen LogP contribution in [0.25, 0.3) is 0 Å². The first-order chi connectivity index (χ1) is 8.33. The number of hydrogen-bond donors (Lipinski definition) is 1. The smallest absolute Gasteiger partial charge is 0.240 e. The van der Waals surface area contributed by atoms with Crippen LogP contribution in [0.15, 0.2) is 4.52 Å². The normalized spacial score (nSPS) is 21.9. The Labute approximate surface area is 102 Å². The highest BCUT2D eigenvalue weighted by Gasteiger charge is 2.22. The van der Waals surface area contributed by atoms with Gasteiger partial charge in [0.15, 0.2) is 5.82 Å². The summed E-state index contributed by atoms with van der Waals surface area (Å²) in [5.41, 5.74) is 5.79. The number of aryl methyl sites for hydroxylation is 1. The summed E-state index contributed by atoms with van der Waals surface area (Å²) < 4.78 is 5.27. The van der Waals surface area contributed by atoms with Crippen LogP contribution in [-0.2, 0) is 13.0 Å². The van der Waals surface area contributed by atoms with Crippen LogP contribution in [0.4, 0.5) is 0 Å². The Morgan fingerprint density at radius 1 is 1.47 bits per heavy atom. The Hall–Kier alpha value is -0.940.